The predicted molar refractivity (Wildman–Crippen MR) is 76.1 cm³/mol. The molecule has 0 heterocycles. The normalized spacial score (nSPS) is 13.2. The molecule has 1 unspecified atom stereocenters. The Balaban J connectivity index is 2.98. The zero-order valence-electron chi connectivity index (χ0n) is 10.9. The average molecular weight is 306 g/mol. The van der Waals surface area contributed by atoms with Crippen molar-refractivity contribution in [3.8, 4) is 5.75 Å². The van der Waals surface area contributed by atoms with Gasteiger partial charge in [-0.25, -0.2) is 13.1 Å². The van der Waals surface area contributed by atoms with E-state index in [0.29, 0.717) is 12.3 Å². The first-order chi connectivity index (χ1) is 8.86. The highest BCUT2D eigenvalue weighted by Crippen LogP contribution is 2.25. The Labute approximate surface area is 115 Å². The van der Waals surface area contributed by atoms with Gasteiger partial charge in [-0.15, -0.1) is 0 Å². The van der Waals surface area contributed by atoms with E-state index in [1.807, 2.05) is 0 Å². The SMILES string of the molecule is CCOc1ccc(N)cc1S(=O)(=O)NCCS(C)=O. The summed E-state index contributed by atoms with van der Waals surface area (Å²) in [5, 5.41) is 0. The third-order valence-corrected chi connectivity index (χ3v) is 4.50. The van der Waals surface area contributed by atoms with E-state index in [1.54, 1.807) is 13.0 Å². The van der Waals surface area contributed by atoms with Crippen molar-refractivity contribution in [1.82, 2.24) is 4.72 Å². The lowest BCUT2D eigenvalue weighted by molar-refractivity contribution is 0.331. The van der Waals surface area contributed by atoms with Gasteiger partial charge in [-0.05, 0) is 25.1 Å². The van der Waals surface area contributed by atoms with Crippen LogP contribution in [0.3, 0.4) is 0 Å². The van der Waals surface area contributed by atoms with E-state index < -0.39 is 20.8 Å². The van der Waals surface area contributed by atoms with Crippen molar-refractivity contribution in [2.75, 3.05) is 30.9 Å². The Hall–Kier alpha value is -1.12. The van der Waals surface area contributed by atoms with E-state index in [2.05, 4.69) is 4.72 Å². The average Bonchev–Trinajstić information content (AvgIpc) is 2.31. The highest BCUT2D eigenvalue weighted by molar-refractivity contribution is 7.89. The molecule has 0 aromatic heterocycles. The van der Waals surface area contributed by atoms with Crippen molar-refractivity contribution >= 4 is 26.5 Å². The summed E-state index contributed by atoms with van der Waals surface area (Å²) in [6.07, 6.45) is 1.51. The fourth-order valence-corrected chi connectivity index (χ4v) is 3.14. The number of ether oxygens (including phenoxy) is 1. The van der Waals surface area contributed by atoms with Gasteiger partial charge in [0.1, 0.15) is 10.6 Å². The van der Waals surface area contributed by atoms with Crippen LogP contribution >= 0.6 is 0 Å². The fraction of sp³-hybridized carbons (Fsp3) is 0.455. The Morgan fingerprint density at radius 1 is 1.42 bits per heavy atom. The van der Waals surface area contributed by atoms with E-state index in [9.17, 15) is 12.6 Å². The number of hydrogen-bond donors (Lipinski definition) is 2. The van der Waals surface area contributed by atoms with Crippen LogP contribution in [0.5, 0.6) is 5.75 Å². The molecule has 0 bridgehead atoms. The standard InChI is InChI=1S/C11H18N2O4S2/c1-3-17-10-5-4-9(12)8-11(10)19(15,16)13-6-7-18(2)14/h4-5,8,13H,3,6-7,12H2,1-2H3. The van der Waals surface area contributed by atoms with Gasteiger partial charge in [-0.3, -0.25) is 4.21 Å². The molecule has 3 N–H and O–H groups in total. The largest absolute Gasteiger partial charge is 0.492 e. The van der Waals surface area contributed by atoms with Crippen molar-refractivity contribution in [2.24, 2.45) is 0 Å². The maximum absolute atomic E-state index is 12.1. The molecule has 0 spiro atoms. The number of rotatable bonds is 7. The predicted octanol–water partition coefficient (Wildman–Crippen LogP) is 0.324. The molecule has 1 rings (SSSR count). The summed E-state index contributed by atoms with van der Waals surface area (Å²) in [7, 11) is -4.77. The lowest BCUT2D eigenvalue weighted by atomic mass is 10.3. The zero-order valence-corrected chi connectivity index (χ0v) is 12.5. The van der Waals surface area contributed by atoms with Crippen LogP contribution in [0, 0.1) is 0 Å². The van der Waals surface area contributed by atoms with Crippen LogP contribution in [-0.4, -0.2) is 37.8 Å². The van der Waals surface area contributed by atoms with Crippen LogP contribution < -0.4 is 15.2 Å². The first-order valence-corrected chi connectivity index (χ1v) is 8.90. The van der Waals surface area contributed by atoms with Gasteiger partial charge in [-0.2, -0.15) is 0 Å². The number of hydrogen-bond acceptors (Lipinski definition) is 5. The second-order valence-electron chi connectivity index (χ2n) is 3.81. The molecule has 0 saturated carbocycles. The van der Waals surface area contributed by atoms with E-state index >= 15 is 0 Å². The zero-order chi connectivity index (χ0) is 14.5. The van der Waals surface area contributed by atoms with Crippen LogP contribution in [0.15, 0.2) is 23.1 Å². The first kappa shape index (κ1) is 15.9. The van der Waals surface area contributed by atoms with Gasteiger partial charge in [0.05, 0.1) is 6.61 Å². The first-order valence-electron chi connectivity index (χ1n) is 5.69. The molecule has 0 amide bonds. The number of sulfonamides is 1. The molecule has 19 heavy (non-hydrogen) atoms. The second kappa shape index (κ2) is 6.88. The summed E-state index contributed by atoms with van der Waals surface area (Å²) < 4.78 is 42.8. The highest BCUT2D eigenvalue weighted by atomic mass is 32.2. The van der Waals surface area contributed by atoms with Crippen molar-refractivity contribution < 1.29 is 17.4 Å². The maximum atomic E-state index is 12.1. The molecular formula is C11H18N2O4S2. The molecule has 8 heteroatoms. The van der Waals surface area contributed by atoms with E-state index in [0.717, 1.165) is 0 Å². The minimum Gasteiger partial charge on any atom is -0.492 e. The lowest BCUT2D eigenvalue weighted by Crippen LogP contribution is -2.28. The number of nitrogen functional groups attached to an aromatic ring is 1. The Kier molecular flexibility index (Phi) is 5.77. The summed E-state index contributed by atoms with van der Waals surface area (Å²) >= 11 is 0. The topological polar surface area (TPSA) is 98.5 Å². The van der Waals surface area contributed by atoms with Crippen molar-refractivity contribution in [1.29, 1.82) is 0 Å². The molecule has 6 nitrogen and oxygen atoms in total. The van der Waals surface area contributed by atoms with Crippen LogP contribution in [0.2, 0.25) is 0 Å². The molecule has 1 atom stereocenters. The molecule has 108 valence electrons. The lowest BCUT2D eigenvalue weighted by Gasteiger charge is -2.12. The van der Waals surface area contributed by atoms with Crippen molar-refractivity contribution in [2.45, 2.75) is 11.8 Å². The molecule has 0 fully saturated rings. The van der Waals surface area contributed by atoms with E-state index in [-0.39, 0.29) is 22.9 Å². The molecule has 0 saturated heterocycles. The molecule has 0 aliphatic carbocycles. The summed E-state index contributed by atoms with van der Waals surface area (Å²) in [4.78, 5) is -0.00349. The van der Waals surface area contributed by atoms with Crippen LogP contribution in [0.4, 0.5) is 5.69 Å². The van der Waals surface area contributed by atoms with Gasteiger partial charge in [0.25, 0.3) is 0 Å². The maximum Gasteiger partial charge on any atom is 0.244 e. The molecular weight excluding hydrogens is 288 g/mol. The molecule has 0 aliphatic rings. The molecule has 1 aromatic carbocycles. The number of nitrogens with one attached hydrogen (secondary N) is 1. The van der Waals surface area contributed by atoms with Crippen LogP contribution in [-0.2, 0) is 20.8 Å². The third kappa shape index (κ3) is 4.81. The number of anilines is 1. The Morgan fingerprint density at radius 2 is 2.11 bits per heavy atom. The fourth-order valence-electron chi connectivity index (χ4n) is 1.41. The summed E-state index contributed by atoms with van der Waals surface area (Å²) in [6.45, 7) is 2.22. The summed E-state index contributed by atoms with van der Waals surface area (Å²) in [5.74, 6) is 0.507. The van der Waals surface area contributed by atoms with Crippen molar-refractivity contribution in [3.63, 3.8) is 0 Å². The van der Waals surface area contributed by atoms with E-state index in [4.69, 9.17) is 10.5 Å². The van der Waals surface area contributed by atoms with Crippen LogP contribution in [0.25, 0.3) is 0 Å². The minimum absolute atomic E-state index is 0.00349. The minimum atomic E-state index is -3.72. The Bertz CT molecular complexity index is 558. The molecule has 0 radical (unpaired) electrons. The third-order valence-electron chi connectivity index (χ3n) is 2.24. The second-order valence-corrected chi connectivity index (χ2v) is 7.10. The monoisotopic (exact) mass is 306 g/mol. The van der Waals surface area contributed by atoms with Gasteiger partial charge < -0.3 is 10.5 Å². The quantitative estimate of drug-likeness (QED) is 0.707. The summed E-state index contributed by atoms with van der Waals surface area (Å²) in [5.41, 5.74) is 5.94. The molecule has 0 aliphatic heterocycles. The smallest absolute Gasteiger partial charge is 0.244 e. The highest BCUT2D eigenvalue weighted by Gasteiger charge is 2.19. The van der Waals surface area contributed by atoms with Gasteiger partial charge in [0, 0.05) is 35.0 Å². The number of nitrogens with two attached hydrogens (primary N) is 1. The van der Waals surface area contributed by atoms with Gasteiger partial charge in [0.2, 0.25) is 10.0 Å². The molecule has 1 aromatic rings. The van der Waals surface area contributed by atoms with Crippen molar-refractivity contribution in [3.05, 3.63) is 18.2 Å². The van der Waals surface area contributed by atoms with Gasteiger partial charge in [0.15, 0.2) is 0 Å². The van der Waals surface area contributed by atoms with E-state index in [1.165, 1.54) is 18.4 Å². The van der Waals surface area contributed by atoms with Crippen LogP contribution in [0.1, 0.15) is 6.92 Å². The van der Waals surface area contributed by atoms with Gasteiger partial charge >= 0.3 is 0 Å². The Morgan fingerprint density at radius 3 is 2.68 bits per heavy atom. The van der Waals surface area contributed by atoms with Gasteiger partial charge in [-0.1, -0.05) is 0 Å². The number of benzene rings is 1. The summed E-state index contributed by atoms with van der Waals surface area (Å²) in [6, 6.07) is 4.44.